The van der Waals surface area contributed by atoms with Gasteiger partial charge >= 0.3 is 0 Å². The molecule has 0 bridgehead atoms. The molecule has 31 heavy (non-hydrogen) atoms. The summed E-state index contributed by atoms with van der Waals surface area (Å²) < 4.78 is 1.77. The number of carbonyl (C=O) groups is 3. The summed E-state index contributed by atoms with van der Waals surface area (Å²) in [5.74, 6) is -0.0366. The highest BCUT2D eigenvalue weighted by molar-refractivity contribution is 5.95. The number of piperazine rings is 1. The van der Waals surface area contributed by atoms with Gasteiger partial charge in [0.15, 0.2) is 0 Å². The first-order valence-electron chi connectivity index (χ1n) is 10.8. The monoisotopic (exact) mass is 423 g/mol. The minimum Gasteiger partial charge on any atom is -0.341 e. The van der Waals surface area contributed by atoms with E-state index in [4.69, 9.17) is 0 Å². The van der Waals surface area contributed by atoms with Crippen molar-refractivity contribution in [1.29, 1.82) is 0 Å². The van der Waals surface area contributed by atoms with E-state index in [2.05, 4.69) is 5.10 Å². The maximum Gasteiger partial charge on any atom is 0.246 e. The zero-order valence-corrected chi connectivity index (χ0v) is 18.2. The van der Waals surface area contributed by atoms with Crippen LogP contribution < -0.4 is 0 Å². The highest BCUT2D eigenvalue weighted by Crippen LogP contribution is 2.21. The number of rotatable bonds is 5. The zero-order valence-electron chi connectivity index (χ0n) is 18.2. The summed E-state index contributed by atoms with van der Waals surface area (Å²) in [5, 5.41) is 4.22. The van der Waals surface area contributed by atoms with Gasteiger partial charge in [-0.25, -0.2) is 0 Å². The van der Waals surface area contributed by atoms with Crippen molar-refractivity contribution in [3.8, 4) is 0 Å². The molecule has 1 aromatic carbocycles. The van der Waals surface area contributed by atoms with E-state index >= 15 is 0 Å². The van der Waals surface area contributed by atoms with Gasteiger partial charge < -0.3 is 14.7 Å². The summed E-state index contributed by atoms with van der Waals surface area (Å²) in [6.45, 7) is 6.38. The third-order valence-corrected chi connectivity index (χ3v) is 6.03. The molecule has 164 valence electrons. The van der Waals surface area contributed by atoms with Crippen LogP contribution in [0.3, 0.4) is 0 Å². The number of hydrogen-bond donors (Lipinski definition) is 0. The number of aromatic nitrogens is 2. The molecule has 0 saturated carbocycles. The SMILES string of the molecule is Cc1cccc(CN2CC(=O)N3CCN(C(=O)CCn4cc(C)cn4)CCC3C2=O)c1. The predicted octanol–water partition coefficient (Wildman–Crippen LogP) is 1.36. The van der Waals surface area contributed by atoms with Gasteiger partial charge in [-0.2, -0.15) is 5.10 Å². The van der Waals surface area contributed by atoms with E-state index in [1.165, 1.54) is 0 Å². The molecule has 2 aliphatic rings. The van der Waals surface area contributed by atoms with Gasteiger partial charge in [0.1, 0.15) is 12.6 Å². The number of carbonyl (C=O) groups excluding carboxylic acids is 3. The van der Waals surface area contributed by atoms with Gasteiger partial charge in [0.25, 0.3) is 0 Å². The normalized spacial score (nSPS) is 19.4. The fourth-order valence-corrected chi connectivity index (χ4v) is 4.40. The van der Waals surface area contributed by atoms with Crippen LogP contribution in [0.2, 0.25) is 0 Å². The Morgan fingerprint density at radius 1 is 1.13 bits per heavy atom. The maximum atomic E-state index is 13.2. The molecule has 0 aliphatic carbocycles. The average Bonchev–Trinajstić information content (AvgIpc) is 3.02. The molecule has 2 aliphatic heterocycles. The summed E-state index contributed by atoms with van der Waals surface area (Å²) >= 11 is 0. The Hall–Kier alpha value is -3.16. The van der Waals surface area contributed by atoms with Gasteiger partial charge in [0, 0.05) is 45.3 Å². The Kier molecular flexibility index (Phi) is 6.06. The van der Waals surface area contributed by atoms with Crippen molar-refractivity contribution < 1.29 is 14.4 Å². The molecular formula is C23H29N5O3. The highest BCUT2D eigenvalue weighted by atomic mass is 16.2. The summed E-state index contributed by atoms with van der Waals surface area (Å²) in [6.07, 6.45) is 4.51. The van der Waals surface area contributed by atoms with Crippen LogP contribution in [0.5, 0.6) is 0 Å². The summed E-state index contributed by atoms with van der Waals surface area (Å²) in [7, 11) is 0. The first-order chi connectivity index (χ1) is 14.9. The molecule has 0 N–H and O–H groups in total. The standard InChI is InChI=1S/C23H29N5O3/c1-17-4-3-5-19(12-17)15-26-16-22(30)28-11-10-25(8-6-20(28)23(26)31)21(29)7-9-27-14-18(2)13-24-27/h3-5,12-14,20H,6-11,15-16H2,1-2H3. The van der Waals surface area contributed by atoms with Crippen molar-refractivity contribution in [3.05, 3.63) is 53.3 Å². The predicted molar refractivity (Wildman–Crippen MR) is 115 cm³/mol. The van der Waals surface area contributed by atoms with Crippen LogP contribution in [0.15, 0.2) is 36.7 Å². The second-order valence-corrected chi connectivity index (χ2v) is 8.49. The molecule has 3 heterocycles. The lowest BCUT2D eigenvalue weighted by Crippen LogP contribution is -2.59. The largest absolute Gasteiger partial charge is 0.341 e. The first kappa shape index (κ1) is 21.1. The molecular weight excluding hydrogens is 394 g/mol. The van der Waals surface area contributed by atoms with Crippen LogP contribution in [0.1, 0.15) is 29.5 Å². The fraction of sp³-hybridized carbons (Fsp3) is 0.478. The topological polar surface area (TPSA) is 78.8 Å². The first-order valence-corrected chi connectivity index (χ1v) is 10.8. The molecule has 8 heteroatoms. The zero-order chi connectivity index (χ0) is 22.0. The molecule has 1 unspecified atom stereocenters. The van der Waals surface area contributed by atoms with E-state index in [0.717, 1.165) is 16.7 Å². The molecule has 1 atom stereocenters. The van der Waals surface area contributed by atoms with Gasteiger partial charge in [-0.1, -0.05) is 29.8 Å². The molecule has 2 saturated heterocycles. The van der Waals surface area contributed by atoms with E-state index in [1.807, 2.05) is 44.3 Å². The van der Waals surface area contributed by atoms with Crippen LogP contribution in [-0.2, 0) is 27.5 Å². The second kappa shape index (κ2) is 8.91. The lowest BCUT2D eigenvalue weighted by molar-refractivity contribution is -0.156. The molecule has 8 nitrogen and oxygen atoms in total. The van der Waals surface area contributed by atoms with E-state index in [9.17, 15) is 14.4 Å². The highest BCUT2D eigenvalue weighted by Gasteiger charge is 2.41. The Morgan fingerprint density at radius 2 is 1.97 bits per heavy atom. The van der Waals surface area contributed by atoms with Crippen LogP contribution in [0.4, 0.5) is 0 Å². The van der Waals surface area contributed by atoms with Crippen LogP contribution in [0, 0.1) is 13.8 Å². The average molecular weight is 424 g/mol. The minimum absolute atomic E-state index is 0.0255. The number of nitrogens with zero attached hydrogens (tertiary/aromatic N) is 5. The van der Waals surface area contributed by atoms with Gasteiger partial charge in [-0.15, -0.1) is 0 Å². The van der Waals surface area contributed by atoms with Crippen LogP contribution >= 0.6 is 0 Å². The van der Waals surface area contributed by atoms with Gasteiger partial charge in [-0.05, 0) is 31.4 Å². The molecule has 1 aromatic heterocycles. The van der Waals surface area contributed by atoms with E-state index < -0.39 is 6.04 Å². The number of benzene rings is 1. The van der Waals surface area contributed by atoms with Gasteiger partial charge in [0.2, 0.25) is 17.7 Å². The summed E-state index contributed by atoms with van der Waals surface area (Å²) in [4.78, 5) is 43.8. The Bertz CT molecular complexity index is 985. The number of hydrogen-bond acceptors (Lipinski definition) is 4. The Morgan fingerprint density at radius 3 is 2.71 bits per heavy atom. The molecule has 3 amide bonds. The van der Waals surface area contributed by atoms with Crippen molar-refractivity contribution >= 4 is 17.7 Å². The smallest absolute Gasteiger partial charge is 0.246 e. The molecule has 0 spiro atoms. The molecule has 2 fully saturated rings. The second-order valence-electron chi connectivity index (χ2n) is 8.49. The lowest BCUT2D eigenvalue weighted by atomic mass is 10.1. The van der Waals surface area contributed by atoms with Crippen molar-refractivity contribution in [1.82, 2.24) is 24.5 Å². The van der Waals surface area contributed by atoms with Crippen molar-refractivity contribution in [2.45, 2.75) is 45.8 Å². The summed E-state index contributed by atoms with van der Waals surface area (Å²) in [6, 6.07) is 7.51. The van der Waals surface area contributed by atoms with E-state index in [-0.39, 0.29) is 24.3 Å². The van der Waals surface area contributed by atoms with Gasteiger partial charge in [-0.3, -0.25) is 19.1 Å². The third kappa shape index (κ3) is 4.78. The number of fused-ring (bicyclic) bond motifs is 1. The van der Waals surface area contributed by atoms with Crippen molar-refractivity contribution in [2.75, 3.05) is 26.2 Å². The quantitative estimate of drug-likeness (QED) is 0.728. The van der Waals surface area contributed by atoms with Crippen LogP contribution in [0.25, 0.3) is 0 Å². The molecule has 4 rings (SSSR count). The lowest BCUT2D eigenvalue weighted by Gasteiger charge is -2.39. The summed E-state index contributed by atoms with van der Waals surface area (Å²) in [5.41, 5.74) is 3.21. The van der Waals surface area contributed by atoms with Crippen molar-refractivity contribution in [3.63, 3.8) is 0 Å². The number of amides is 3. The van der Waals surface area contributed by atoms with Crippen molar-refractivity contribution in [2.24, 2.45) is 0 Å². The minimum atomic E-state index is -0.488. The number of aryl methyl sites for hydroxylation is 3. The Labute approximate surface area is 182 Å². The fourth-order valence-electron chi connectivity index (χ4n) is 4.40. The van der Waals surface area contributed by atoms with Gasteiger partial charge in [0.05, 0.1) is 6.20 Å². The molecule has 0 radical (unpaired) electrons. The Balaban J connectivity index is 1.38. The third-order valence-electron chi connectivity index (χ3n) is 6.03. The van der Waals surface area contributed by atoms with E-state index in [0.29, 0.717) is 45.6 Å². The maximum absolute atomic E-state index is 13.2. The van der Waals surface area contributed by atoms with E-state index in [1.54, 1.807) is 25.6 Å². The molecule has 2 aromatic rings. The van der Waals surface area contributed by atoms with Crippen LogP contribution in [-0.4, -0.2) is 74.4 Å².